The summed E-state index contributed by atoms with van der Waals surface area (Å²) in [7, 11) is 0. The topological polar surface area (TPSA) is 65.5 Å². The minimum Gasteiger partial charge on any atom is -0.395 e. The predicted octanol–water partition coefficient (Wildman–Crippen LogP) is 0.887. The largest absolute Gasteiger partial charge is 0.395 e. The van der Waals surface area contributed by atoms with Crippen molar-refractivity contribution in [3.05, 3.63) is 29.6 Å². The normalized spacial score (nSPS) is 10.1. The van der Waals surface area contributed by atoms with Gasteiger partial charge >= 0.3 is 0 Å². The molecule has 0 aliphatic carbocycles. The van der Waals surface area contributed by atoms with Gasteiger partial charge in [0.05, 0.1) is 17.7 Å². The first-order chi connectivity index (χ1) is 10.2. The highest BCUT2D eigenvalue weighted by atomic mass is 16.2. The van der Waals surface area contributed by atoms with Crippen LogP contribution in [0, 0.1) is 11.8 Å². The number of nitrogens with zero attached hydrogens (tertiary/aromatic N) is 2. The van der Waals surface area contributed by atoms with Gasteiger partial charge in [-0.2, -0.15) is 0 Å². The summed E-state index contributed by atoms with van der Waals surface area (Å²) in [6, 6.07) is 1.66. The second kappa shape index (κ2) is 9.92. The molecule has 2 N–H and O–H groups in total. The zero-order valence-corrected chi connectivity index (χ0v) is 12.7. The van der Waals surface area contributed by atoms with E-state index in [1.165, 1.54) is 0 Å². The smallest absolute Gasteiger partial charge is 0.252 e. The van der Waals surface area contributed by atoms with Crippen molar-refractivity contribution in [2.24, 2.45) is 0 Å². The van der Waals surface area contributed by atoms with Gasteiger partial charge in [0, 0.05) is 31.9 Å². The average molecular weight is 289 g/mol. The Morgan fingerprint density at radius 1 is 1.43 bits per heavy atom. The Kier molecular flexibility index (Phi) is 8.10. The van der Waals surface area contributed by atoms with Gasteiger partial charge < -0.3 is 15.3 Å². The van der Waals surface area contributed by atoms with Gasteiger partial charge in [0.2, 0.25) is 0 Å². The van der Waals surface area contributed by atoms with Crippen molar-refractivity contribution in [3.8, 4) is 11.8 Å². The number of aromatic nitrogens is 1. The molecule has 1 heterocycles. The summed E-state index contributed by atoms with van der Waals surface area (Å²) >= 11 is 0. The van der Waals surface area contributed by atoms with Crippen LogP contribution in [0.15, 0.2) is 18.5 Å². The third-order valence-corrected chi connectivity index (χ3v) is 3.13. The van der Waals surface area contributed by atoms with E-state index in [2.05, 4.69) is 40.9 Å². The van der Waals surface area contributed by atoms with Crippen molar-refractivity contribution >= 4 is 5.91 Å². The van der Waals surface area contributed by atoms with Crippen LogP contribution >= 0.6 is 0 Å². The second-order valence-corrected chi connectivity index (χ2v) is 4.48. The van der Waals surface area contributed by atoms with Crippen LogP contribution in [0.25, 0.3) is 0 Å². The Hall–Kier alpha value is -1.90. The summed E-state index contributed by atoms with van der Waals surface area (Å²) in [4.78, 5) is 18.4. The lowest BCUT2D eigenvalue weighted by molar-refractivity contribution is 0.0948. The maximum atomic E-state index is 12.2. The first kappa shape index (κ1) is 17.2. The molecule has 0 aliphatic heterocycles. The molecule has 0 unspecified atom stereocenters. The third-order valence-electron chi connectivity index (χ3n) is 3.13. The summed E-state index contributed by atoms with van der Waals surface area (Å²) in [6.07, 6.45) is 3.54. The fourth-order valence-corrected chi connectivity index (χ4v) is 1.87. The number of aliphatic hydroxyl groups is 1. The number of carbonyl (C=O) groups is 1. The monoisotopic (exact) mass is 289 g/mol. The molecule has 0 radical (unpaired) electrons. The van der Waals surface area contributed by atoms with Gasteiger partial charge in [-0.15, -0.1) is 0 Å². The number of likely N-dealkylation sites (N-methyl/N-ethyl adjacent to an activating group) is 1. The molecule has 0 atom stereocenters. The van der Waals surface area contributed by atoms with Gasteiger partial charge in [0.15, 0.2) is 0 Å². The Balaban J connectivity index is 2.64. The Morgan fingerprint density at radius 2 is 2.19 bits per heavy atom. The number of amides is 1. The van der Waals surface area contributed by atoms with Crippen molar-refractivity contribution < 1.29 is 9.90 Å². The molecule has 0 aliphatic rings. The minimum absolute atomic E-state index is 0.0126. The molecule has 114 valence electrons. The second-order valence-electron chi connectivity index (χ2n) is 4.48. The fraction of sp³-hybridized carbons (Fsp3) is 0.500. The Bertz CT molecular complexity index is 502. The van der Waals surface area contributed by atoms with E-state index in [1.54, 1.807) is 18.5 Å². The number of rotatable bonds is 7. The number of hydrogen-bond donors (Lipinski definition) is 2. The number of hydrogen-bond acceptors (Lipinski definition) is 4. The van der Waals surface area contributed by atoms with Gasteiger partial charge in [-0.25, -0.2) is 0 Å². The van der Waals surface area contributed by atoms with Crippen LogP contribution in [0.5, 0.6) is 0 Å². The van der Waals surface area contributed by atoms with E-state index in [-0.39, 0.29) is 12.5 Å². The quantitative estimate of drug-likeness (QED) is 0.732. The standard InChI is InChI=1S/C16H23N3O2/c1-3-19(4-2)11-10-18-16(21)15-8-9-17-13-14(15)7-5-6-12-20/h8-9,13,20H,3-4,6,10-12H2,1-2H3,(H,18,21). The molecular weight excluding hydrogens is 266 g/mol. The molecule has 1 aromatic heterocycles. The first-order valence-corrected chi connectivity index (χ1v) is 7.27. The minimum atomic E-state index is -0.141. The summed E-state index contributed by atoms with van der Waals surface area (Å²) in [5.74, 6) is 5.54. The molecule has 0 aromatic carbocycles. The van der Waals surface area contributed by atoms with Gasteiger partial charge in [-0.1, -0.05) is 25.7 Å². The van der Waals surface area contributed by atoms with Crippen LogP contribution in [-0.2, 0) is 0 Å². The van der Waals surface area contributed by atoms with E-state index in [0.717, 1.165) is 19.6 Å². The molecule has 1 rings (SSSR count). The van der Waals surface area contributed by atoms with E-state index >= 15 is 0 Å². The summed E-state index contributed by atoms with van der Waals surface area (Å²) in [5.41, 5.74) is 1.11. The average Bonchev–Trinajstić information content (AvgIpc) is 2.52. The number of carbonyl (C=O) groups excluding carboxylic acids is 1. The van der Waals surface area contributed by atoms with Crippen molar-refractivity contribution in [3.63, 3.8) is 0 Å². The molecule has 0 fully saturated rings. The van der Waals surface area contributed by atoms with E-state index in [9.17, 15) is 4.79 Å². The van der Waals surface area contributed by atoms with Gasteiger partial charge in [-0.3, -0.25) is 9.78 Å². The fourth-order valence-electron chi connectivity index (χ4n) is 1.87. The van der Waals surface area contributed by atoms with Gasteiger partial charge in [0.1, 0.15) is 0 Å². The van der Waals surface area contributed by atoms with Crippen LogP contribution in [0.2, 0.25) is 0 Å². The van der Waals surface area contributed by atoms with Gasteiger partial charge in [-0.05, 0) is 19.2 Å². The number of nitrogens with one attached hydrogen (secondary N) is 1. The lowest BCUT2D eigenvalue weighted by atomic mass is 10.1. The van der Waals surface area contributed by atoms with E-state index in [4.69, 9.17) is 5.11 Å². The summed E-state index contributed by atoms with van der Waals surface area (Å²) in [5, 5.41) is 11.6. The van der Waals surface area contributed by atoms with Crippen LogP contribution in [-0.4, -0.2) is 53.7 Å². The molecule has 0 bridgehead atoms. The maximum absolute atomic E-state index is 12.2. The molecule has 21 heavy (non-hydrogen) atoms. The van der Waals surface area contributed by atoms with Crippen LogP contribution < -0.4 is 5.32 Å². The molecule has 0 saturated heterocycles. The molecular formula is C16H23N3O2. The highest BCUT2D eigenvalue weighted by molar-refractivity contribution is 5.96. The Labute approximate surface area is 126 Å². The molecule has 5 nitrogen and oxygen atoms in total. The molecule has 0 saturated carbocycles. The SMILES string of the molecule is CCN(CC)CCNC(=O)c1ccncc1C#CCCO. The van der Waals surface area contributed by atoms with Gasteiger partial charge in [0.25, 0.3) is 5.91 Å². The molecule has 1 aromatic rings. The highest BCUT2D eigenvalue weighted by Gasteiger charge is 2.09. The van der Waals surface area contributed by atoms with Crippen molar-refractivity contribution in [1.29, 1.82) is 0 Å². The third kappa shape index (κ3) is 5.94. The molecule has 1 amide bonds. The summed E-state index contributed by atoms with van der Waals surface area (Å²) < 4.78 is 0. The van der Waals surface area contributed by atoms with Crippen molar-refractivity contribution in [2.45, 2.75) is 20.3 Å². The zero-order chi connectivity index (χ0) is 15.5. The molecule has 5 heteroatoms. The summed E-state index contributed by atoms with van der Waals surface area (Å²) in [6.45, 7) is 7.59. The van der Waals surface area contributed by atoms with Crippen LogP contribution in [0.1, 0.15) is 36.2 Å². The Morgan fingerprint density at radius 3 is 2.86 bits per heavy atom. The lowest BCUT2D eigenvalue weighted by Crippen LogP contribution is -2.35. The van der Waals surface area contributed by atoms with E-state index in [0.29, 0.717) is 24.1 Å². The first-order valence-electron chi connectivity index (χ1n) is 7.27. The van der Waals surface area contributed by atoms with Crippen molar-refractivity contribution in [2.75, 3.05) is 32.8 Å². The highest BCUT2D eigenvalue weighted by Crippen LogP contribution is 2.05. The maximum Gasteiger partial charge on any atom is 0.252 e. The number of aliphatic hydroxyl groups excluding tert-OH is 1. The zero-order valence-electron chi connectivity index (χ0n) is 12.7. The van der Waals surface area contributed by atoms with E-state index < -0.39 is 0 Å². The predicted molar refractivity (Wildman–Crippen MR) is 82.9 cm³/mol. The van der Waals surface area contributed by atoms with Crippen LogP contribution in [0.3, 0.4) is 0 Å². The van der Waals surface area contributed by atoms with E-state index in [1.807, 2.05) is 0 Å². The van der Waals surface area contributed by atoms with Crippen molar-refractivity contribution in [1.82, 2.24) is 15.2 Å². The number of pyridine rings is 1. The molecule has 0 spiro atoms. The lowest BCUT2D eigenvalue weighted by Gasteiger charge is -2.18. The van der Waals surface area contributed by atoms with Crippen LogP contribution in [0.4, 0.5) is 0 Å².